The lowest BCUT2D eigenvalue weighted by Gasteiger charge is -2.12. The molecule has 116 valence electrons. The minimum atomic E-state index is -1.09. The Hall–Kier alpha value is -1.58. The van der Waals surface area contributed by atoms with E-state index in [0.29, 0.717) is 25.0 Å². The average molecular weight is 404 g/mol. The Morgan fingerprint density at radius 1 is 1.55 bits per heavy atom. The monoisotopic (exact) mass is 403 g/mol. The summed E-state index contributed by atoms with van der Waals surface area (Å²) >= 11 is 9.40. The number of rotatable bonds is 5. The Kier molecular flexibility index (Phi) is 5.43. The summed E-state index contributed by atoms with van der Waals surface area (Å²) in [5.41, 5.74) is 0.689. The van der Waals surface area contributed by atoms with E-state index in [2.05, 4.69) is 21.2 Å². The highest BCUT2D eigenvalue weighted by Gasteiger charge is 2.22. The fourth-order valence-corrected chi connectivity index (χ4v) is 3.29. The number of halogens is 1. The van der Waals surface area contributed by atoms with Gasteiger partial charge in [-0.1, -0.05) is 24.0 Å². The van der Waals surface area contributed by atoms with Crippen LogP contribution in [0.1, 0.15) is 5.56 Å². The van der Waals surface area contributed by atoms with Crippen molar-refractivity contribution in [1.82, 2.24) is 5.32 Å². The summed E-state index contributed by atoms with van der Waals surface area (Å²) in [5, 5.41) is 11.2. The van der Waals surface area contributed by atoms with Gasteiger partial charge in [-0.15, -0.1) is 0 Å². The summed E-state index contributed by atoms with van der Waals surface area (Å²) in [6.07, 6.45) is 1.66. The zero-order valence-corrected chi connectivity index (χ0v) is 14.4. The zero-order valence-electron chi connectivity index (χ0n) is 11.2. The van der Waals surface area contributed by atoms with Crippen LogP contribution in [-0.4, -0.2) is 35.0 Å². The van der Waals surface area contributed by atoms with E-state index in [9.17, 15) is 9.59 Å². The fourth-order valence-electron chi connectivity index (χ4n) is 1.67. The first-order valence-electron chi connectivity index (χ1n) is 5.87. The smallest absolute Gasteiger partial charge is 0.341 e. The second-order valence-corrected chi connectivity index (χ2v) is 6.64. The van der Waals surface area contributed by atoms with E-state index < -0.39 is 12.6 Å². The minimum absolute atomic E-state index is 0.253. The first-order chi connectivity index (χ1) is 10.4. The molecule has 1 amide bonds. The van der Waals surface area contributed by atoms with Gasteiger partial charge in [-0.25, -0.2) is 4.79 Å². The maximum Gasteiger partial charge on any atom is 0.341 e. The third-order valence-electron chi connectivity index (χ3n) is 2.53. The fraction of sp³-hybridized carbons (Fsp3) is 0.154. The Bertz CT molecular complexity index is 689. The van der Waals surface area contributed by atoms with Crippen LogP contribution >= 0.6 is 39.9 Å². The van der Waals surface area contributed by atoms with E-state index >= 15 is 0 Å². The number of amides is 1. The molecule has 0 spiro atoms. The van der Waals surface area contributed by atoms with E-state index in [-0.39, 0.29) is 11.7 Å². The van der Waals surface area contributed by atoms with Gasteiger partial charge in [-0.05, 0) is 39.7 Å². The molecule has 0 saturated carbocycles. The number of aliphatic carboxylic acids is 1. The second-order valence-electron chi connectivity index (χ2n) is 4.07. The predicted octanol–water partition coefficient (Wildman–Crippen LogP) is 2.41. The van der Waals surface area contributed by atoms with Gasteiger partial charge in [0, 0.05) is 0 Å². The molecule has 6 nitrogen and oxygen atoms in total. The molecule has 22 heavy (non-hydrogen) atoms. The van der Waals surface area contributed by atoms with Crippen molar-refractivity contribution in [2.45, 2.75) is 0 Å². The quantitative estimate of drug-likeness (QED) is 0.576. The molecule has 1 saturated heterocycles. The van der Waals surface area contributed by atoms with E-state index in [1.807, 2.05) is 0 Å². The highest BCUT2D eigenvalue weighted by molar-refractivity contribution is 9.10. The minimum Gasteiger partial charge on any atom is -0.493 e. The first-order valence-corrected chi connectivity index (χ1v) is 7.89. The summed E-state index contributed by atoms with van der Waals surface area (Å²) in [5.74, 6) is -0.705. The third-order valence-corrected chi connectivity index (χ3v) is 4.28. The predicted molar refractivity (Wildman–Crippen MR) is 90.1 cm³/mol. The molecule has 2 N–H and O–H groups in total. The van der Waals surface area contributed by atoms with Crippen LogP contribution in [-0.2, 0) is 9.59 Å². The number of benzene rings is 1. The van der Waals surface area contributed by atoms with E-state index in [1.165, 1.54) is 18.9 Å². The Balaban J connectivity index is 2.33. The highest BCUT2D eigenvalue weighted by Crippen LogP contribution is 2.38. The number of thioether (sulfide) groups is 1. The van der Waals surface area contributed by atoms with Gasteiger partial charge in [0.05, 0.1) is 16.5 Å². The molecule has 0 unspecified atom stereocenters. The van der Waals surface area contributed by atoms with E-state index in [4.69, 9.17) is 26.8 Å². The number of methoxy groups -OCH3 is 1. The van der Waals surface area contributed by atoms with Crippen molar-refractivity contribution in [3.63, 3.8) is 0 Å². The Morgan fingerprint density at radius 3 is 2.82 bits per heavy atom. The molecule has 0 radical (unpaired) electrons. The van der Waals surface area contributed by atoms with Crippen LogP contribution in [0.25, 0.3) is 6.08 Å². The van der Waals surface area contributed by atoms with Crippen LogP contribution in [0.4, 0.5) is 0 Å². The largest absolute Gasteiger partial charge is 0.493 e. The lowest BCUT2D eigenvalue weighted by atomic mass is 10.2. The van der Waals surface area contributed by atoms with Crippen molar-refractivity contribution in [3.8, 4) is 11.5 Å². The average Bonchev–Trinajstić information content (AvgIpc) is 2.74. The van der Waals surface area contributed by atoms with Crippen LogP contribution in [0.5, 0.6) is 11.5 Å². The summed E-state index contributed by atoms with van der Waals surface area (Å²) in [6.45, 7) is -0.484. The molecule has 1 aliphatic heterocycles. The van der Waals surface area contributed by atoms with Crippen molar-refractivity contribution < 1.29 is 24.2 Å². The summed E-state index contributed by atoms with van der Waals surface area (Å²) < 4.78 is 11.3. The molecule has 1 heterocycles. The van der Waals surface area contributed by atoms with Crippen LogP contribution in [0.3, 0.4) is 0 Å². The van der Waals surface area contributed by atoms with Crippen molar-refractivity contribution in [3.05, 3.63) is 27.1 Å². The molecular weight excluding hydrogens is 394 g/mol. The maximum absolute atomic E-state index is 11.7. The Labute approximate surface area is 144 Å². The molecule has 1 fully saturated rings. The van der Waals surface area contributed by atoms with Gasteiger partial charge in [-0.3, -0.25) is 4.79 Å². The topological polar surface area (TPSA) is 84.9 Å². The molecule has 9 heteroatoms. The molecule has 0 aromatic heterocycles. The molecule has 1 aromatic carbocycles. The number of hydrogen-bond donors (Lipinski definition) is 2. The van der Waals surface area contributed by atoms with Crippen LogP contribution in [0, 0.1) is 0 Å². The summed E-state index contributed by atoms with van der Waals surface area (Å²) in [6, 6.07) is 3.34. The first kappa shape index (κ1) is 16.8. The zero-order chi connectivity index (χ0) is 16.3. The van der Waals surface area contributed by atoms with Crippen LogP contribution in [0.2, 0.25) is 0 Å². The summed E-state index contributed by atoms with van der Waals surface area (Å²) in [4.78, 5) is 22.7. The number of ether oxygens (including phenoxy) is 2. The van der Waals surface area contributed by atoms with Crippen molar-refractivity contribution >= 4 is 62.2 Å². The number of carbonyl (C=O) groups excluding carboxylic acids is 1. The lowest BCUT2D eigenvalue weighted by molar-refractivity contribution is -0.139. The van der Waals surface area contributed by atoms with Crippen molar-refractivity contribution in [1.29, 1.82) is 0 Å². The molecule has 0 aliphatic carbocycles. The number of carboxylic acid groups (broad SMARTS) is 1. The van der Waals surface area contributed by atoms with Gasteiger partial charge in [0.2, 0.25) is 0 Å². The summed E-state index contributed by atoms with van der Waals surface area (Å²) in [7, 11) is 1.44. The van der Waals surface area contributed by atoms with E-state index in [1.54, 1.807) is 18.2 Å². The van der Waals surface area contributed by atoms with Crippen molar-refractivity contribution in [2.24, 2.45) is 0 Å². The second kappa shape index (κ2) is 7.12. The van der Waals surface area contributed by atoms with Gasteiger partial charge in [0.1, 0.15) is 4.32 Å². The molecule has 2 rings (SSSR count). The standard InChI is InChI=1S/C13H10BrNO5S2/c1-19-8-3-6(4-9-12(18)15-13(21)22-9)2-7(14)11(8)20-5-10(16)17/h2-4H,5H2,1H3,(H,16,17)(H,15,18,21). The molecular formula is C13H10BrNO5S2. The number of carboxylic acids is 1. The highest BCUT2D eigenvalue weighted by atomic mass is 79.9. The number of hydrogen-bond acceptors (Lipinski definition) is 6. The van der Waals surface area contributed by atoms with Gasteiger partial charge in [0.15, 0.2) is 18.1 Å². The van der Waals surface area contributed by atoms with Gasteiger partial charge in [-0.2, -0.15) is 0 Å². The van der Waals surface area contributed by atoms with Gasteiger partial charge in [0.25, 0.3) is 5.91 Å². The third kappa shape index (κ3) is 3.99. The van der Waals surface area contributed by atoms with Crippen LogP contribution < -0.4 is 14.8 Å². The van der Waals surface area contributed by atoms with Crippen LogP contribution in [0.15, 0.2) is 21.5 Å². The van der Waals surface area contributed by atoms with Crippen molar-refractivity contribution in [2.75, 3.05) is 13.7 Å². The van der Waals surface area contributed by atoms with E-state index in [0.717, 1.165) is 0 Å². The molecule has 0 bridgehead atoms. The SMILES string of the molecule is COc1cc(C=C2SC(=S)NC2=O)cc(Br)c1OCC(=O)O. The van der Waals surface area contributed by atoms with Gasteiger partial charge < -0.3 is 19.9 Å². The molecule has 0 atom stereocenters. The number of carbonyl (C=O) groups is 2. The maximum atomic E-state index is 11.7. The molecule has 1 aliphatic rings. The molecule has 1 aromatic rings. The normalized spacial score (nSPS) is 15.8. The number of nitrogens with one attached hydrogen (secondary N) is 1. The lowest BCUT2D eigenvalue weighted by Crippen LogP contribution is -2.17. The number of thiocarbonyl (C=S) groups is 1. The Morgan fingerprint density at radius 2 is 2.27 bits per heavy atom. The van der Waals surface area contributed by atoms with Gasteiger partial charge >= 0.3 is 5.97 Å².